The predicted molar refractivity (Wildman–Crippen MR) is 221 cm³/mol. The van der Waals surface area contributed by atoms with Crippen LogP contribution in [0.4, 0.5) is 17.1 Å². The Labute approximate surface area is 313 Å². The summed E-state index contributed by atoms with van der Waals surface area (Å²) in [6, 6.07) is 65.7. The number of hydrogen-bond acceptors (Lipinski definition) is 1. The molecule has 53 heavy (non-hydrogen) atoms. The smallest absolute Gasteiger partial charge is 0.0540 e. The third-order valence-corrected chi connectivity index (χ3v) is 13.5. The van der Waals surface area contributed by atoms with Crippen LogP contribution >= 0.6 is 0 Å². The lowest BCUT2D eigenvalue weighted by Crippen LogP contribution is -2.55. The van der Waals surface area contributed by atoms with E-state index in [1.165, 1.54) is 88.0 Å². The maximum absolute atomic E-state index is 2.61. The number of anilines is 3. The van der Waals surface area contributed by atoms with Crippen LogP contribution in [0.5, 0.6) is 0 Å². The highest BCUT2D eigenvalue weighted by Crippen LogP contribution is 2.70. The summed E-state index contributed by atoms with van der Waals surface area (Å²) in [6.45, 7) is 0. The van der Waals surface area contributed by atoms with Crippen LogP contribution < -0.4 is 4.90 Å². The Morgan fingerprint density at radius 2 is 0.887 bits per heavy atom. The molecule has 4 saturated carbocycles. The van der Waals surface area contributed by atoms with Crippen LogP contribution in [-0.2, 0) is 5.41 Å². The molecule has 1 spiro atoms. The van der Waals surface area contributed by atoms with Crippen LogP contribution in [0.2, 0.25) is 0 Å². The van der Waals surface area contributed by atoms with Gasteiger partial charge in [0, 0.05) is 22.4 Å². The fourth-order valence-electron chi connectivity index (χ4n) is 11.5. The Morgan fingerprint density at radius 1 is 0.358 bits per heavy atom. The van der Waals surface area contributed by atoms with E-state index in [1.54, 1.807) is 11.1 Å². The summed E-state index contributed by atoms with van der Waals surface area (Å²) in [5.74, 6) is 3.26. The first-order chi connectivity index (χ1) is 26.2. The molecular weight excluding hydrogens is 639 g/mol. The Hall–Kier alpha value is -5.66. The van der Waals surface area contributed by atoms with E-state index in [4.69, 9.17) is 0 Å². The van der Waals surface area contributed by atoms with Gasteiger partial charge in [-0.3, -0.25) is 0 Å². The highest BCUT2D eigenvalue weighted by molar-refractivity contribution is 5.92. The lowest BCUT2D eigenvalue weighted by Gasteiger charge is -2.61. The van der Waals surface area contributed by atoms with Crippen molar-refractivity contribution in [3.05, 3.63) is 187 Å². The minimum Gasteiger partial charge on any atom is -0.310 e. The van der Waals surface area contributed by atoms with E-state index in [1.807, 2.05) is 0 Å². The van der Waals surface area contributed by atoms with E-state index in [0.29, 0.717) is 0 Å². The second-order valence-corrected chi connectivity index (χ2v) is 16.2. The Kier molecular flexibility index (Phi) is 7.12. The lowest BCUT2D eigenvalue weighted by atomic mass is 9.43. The van der Waals surface area contributed by atoms with Crippen molar-refractivity contribution in [3.8, 4) is 44.5 Å². The predicted octanol–water partition coefficient (Wildman–Crippen LogP) is 13.9. The molecule has 5 aliphatic rings. The van der Waals surface area contributed by atoms with Crippen molar-refractivity contribution in [2.24, 2.45) is 23.7 Å². The number of benzene rings is 7. The van der Waals surface area contributed by atoms with Gasteiger partial charge in [-0.1, -0.05) is 140 Å². The molecule has 0 saturated heterocycles. The van der Waals surface area contributed by atoms with E-state index >= 15 is 0 Å². The SMILES string of the molecule is c1ccc(-c2ccc(N(c3ccc4c(c3)-c3ccc(-c5ccccc5)cc3C43C4CC5CC(C4)CC3C5)c3ccccc3-c3ccccc3)cc2)cc1. The molecule has 4 fully saturated rings. The van der Waals surface area contributed by atoms with Crippen LogP contribution in [0.3, 0.4) is 0 Å². The van der Waals surface area contributed by atoms with Gasteiger partial charge in [0.15, 0.2) is 0 Å². The molecule has 7 aromatic rings. The van der Waals surface area contributed by atoms with Gasteiger partial charge in [0.05, 0.1) is 5.69 Å². The highest BCUT2D eigenvalue weighted by atomic mass is 15.1. The fraction of sp³-hybridized carbons (Fsp3) is 0.192. The standard InChI is InChI=1S/C52H43N/c1-4-12-37(13-5-1)39-20-23-44(24-21-39)53(51-19-11-10-18-46(51)40-16-8-3-9-17-40)45-25-27-49-48(34-45)47-26-22-41(38-14-6-2-7-15-38)33-50(47)52(49)42-29-35-28-36(31-42)32-43(52)30-35/h1-27,33-36,42-43H,28-32H2. The number of rotatable bonds is 6. The third kappa shape index (κ3) is 4.83. The summed E-state index contributed by atoms with van der Waals surface area (Å²) in [5, 5.41) is 0. The first-order valence-electron chi connectivity index (χ1n) is 19.7. The molecule has 7 aromatic carbocycles. The Bertz CT molecular complexity index is 2420. The molecule has 5 aliphatic carbocycles. The van der Waals surface area contributed by atoms with Crippen molar-refractivity contribution >= 4 is 17.1 Å². The van der Waals surface area contributed by atoms with Gasteiger partial charge < -0.3 is 4.90 Å². The second kappa shape index (κ2) is 12.2. The molecule has 1 nitrogen and oxygen atoms in total. The zero-order valence-corrected chi connectivity index (χ0v) is 30.0. The average molecular weight is 682 g/mol. The van der Waals surface area contributed by atoms with Gasteiger partial charge in [-0.2, -0.15) is 0 Å². The molecule has 12 rings (SSSR count). The number of hydrogen-bond donors (Lipinski definition) is 0. The van der Waals surface area contributed by atoms with Crippen molar-refractivity contribution in [3.63, 3.8) is 0 Å². The highest BCUT2D eigenvalue weighted by Gasteiger charge is 2.61. The summed E-state index contributed by atoms with van der Waals surface area (Å²) in [4.78, 5) is 2.50. The van der Waals surface area contributed by atoms with Gasteiger partial charge in [-0.25, -0.2) is 0 Å². The summed E-state index contributed by atoms with van der Waals surface area (Å²) >= 11 is 0. The van der Waals surface area contributed by atoms with Crippen LogP contribution in [0, 0.1) is 23.7 Å². The maximum Gasteiger partial charge on any atom is 0.0540 e. The molecule has 0 N–H and O–H groups in total. The number of para-hydroxylation sites is 1. The molecule has 1 heteroatoms. The summed E-state index contributed by atoms with van der Waals surface area (Å²) in [7, 11) is 0. The third-order valence-electron chi connectivity index (χ3n) is 13.5. The minimum absolute atomic E-state index is 0.103. The lowest BCUT2D eigenvalue weighted by molar-refractivity contribution is -0.0399. The van der Waals surface area contributed by atoms with Gasteiger partial charge in [-0.15, -0.1) is 0 Å². The summed E-state index contributed by atoms with van der Waals surface area (Å²) < 4.78 is 0. The average Bonchev–Trinajstić information content (AvgIpc) is 3.51. The first-order valence-corrected chi connectivity index (χ1v) is 19.7. The number of fused-ring (bicyclic) bond motifs is 3. The van der Waals surface area contributed by atoms with Gasteiger partial charge >= 0.3 is 0 Å². The van der Waals surface area contributed by atoms with E-state index in [2.05, 4.69) is 181 Å². The van der Waals surface area contributed by atoms with Crippen molar-refractivity contribution in [1.82, 2.24) is 0 Å². The normalized spacial score (nSPS) is 23.2. The van der Waals surface area contributed by atoms with E-state index in [9.17, 15) is 0 Å². The van der Waals surface area contributed by atoms with Crippen LogP contribution in [0.1, 0.15) is 43.2 Å². The number of nitrogens with zero attached hydrogens (tertiary/aromatic N) is 1. The molecule has 0 aliphatic heterocycles. The second-order valence-electron chi connectivity index (χ2n) is 16.2. The Morgan fingerprint density at radius 3 is 1.55 bits per heavy atom. The van der Waals surface area contributed by atoms with Crippen LogP contribution in [0.25, 0.3) is 44.5 Å². The molecule has 0 amide bonds. The van der Waals surface area contributed by atoms with Crippen molar-refractivity contribution in [2.75, 3.05) is 4.90 Å². The fourth-order valence-corrected chi connectivity index (χ4v) is 11.5. The van der Waals surface area contributed by atoms with Gasteiger partial charge in [-0.05, 0) is 142 Å². The van der Waals surface area contributed by atoms with E-state index < -0.39 is 0 Å². The summed E-state index contributed by atoms with van der Waals surface area (Å²) in [5.41, 5.74) is 17.3. The molecule has 0 unspecified atom stereocenters. The zero-order valence-electron chi connectivity index (χ0n) is 30.0. The van der Waals surface area contributed by atoms with E-state index in [0.717, 1.165) is 29.4 Å². The van der Waals surface area contributed by atoms with Crippen molar-refractivity contribution in [1.29, 1.82) is 0 Å². The van der Waals surface area contributed by atoms with Gasteiger partial charge in [0.25, 0.3) is 0 Å². The molecule has 0 heterocycles. The monoisotopic (exact) mass is 681 g/mol. The molecular formula is C52H43N. The summed E-state index contributed by atoms with van der Waals surface area (Å²) in [6.07, 6.45) is 6.99. The van der Waals surface area contributed by atoms with Gasteiger partial charge in [0.1, 0.15) is 0 Å². The molecule has 0 radical (unpaired) electrons. The van der Waals surface area contributed by atoms with E-state index in [-0.39, 0.29) is 5.41 Å². The topological polar surface area (TPSA) is 3.24 Å². The zero-order chi connectivity index (χ0) is 34.9. The minimum atomic E-state index is 0.103. The quantitative estimate of drug-likeness (QED) is 0.169. The Balaban J connectivity index is 1.11. The molecule has 0 aromatic heterocycles. The molecule has 4 bridgehead atoms. The maximum atomic E-state index is 2.61. The first kappa shape index (κ1) is 30.9. The molecule has 0 atom stereocenters. The van der Waals surface area contributed by atoms with Crippen LogP contribution in [0.15, 0.2) is 176 Å². The largest absolute Gasteiger partial charge is 0.310 e. The molecule has 256 valence electrons. The van der Waals surface area contributed by atoms with Crippen molar-refractivity contribution < 1.29 is 0 Å². The van der Waals surface area contributed by atoms with Crippen LogP contribution in [-0.4, -0.2) is 0 Å². The van der Waals surface area contributed by atoms with Gasteiger partial charge in [0.2, 0.25) is 0 Å². The van der Waals surface area contributed by atoms with Crippen molar-refractivity contribution in [2.45, 2.75) is 37.5 Å².